The number of carbonyl (C=O) groups is 2. The molecule has 2 heterocycles. The van der Waals surface area contributed by atoms with Crippen molar-refractivity contribution in [2.45, 2.75) is 25.8 Å². The summed E-state index contributed by atoms with van der Waals surface area (Å²) in [6, 6.07) is 17.6. The van der Waals surface area contributed by atoms with Crippen LogP contribution in [0.1, 0.15) is 41.7 Å². The van der Waals surface area contributed by atoms with Gasteiger partial charge in [-0.1, -0.05) is 24.3 Å². The normalized spacial score (nSPS) is 14.0. The number of benzene rings is 3. The Morgan fingerprint density at radius 1 is 1.05 bits per heavy atom. The zero-order chi connectivity index (χ0) is 25.5. The quantitative estimate of drug-likeness (QED) is 0.280. The van der Waals surface area contributed by atoms with Gasteiger partial charge >= 0.3 is 0 Å². The highest BCUT2D eigenvalue weighted by Crippen LogP contribution is 2.31. The average Bonchev–Trinajstić information content (AvgIpc) is 3.67. The van der Waals surface area contributed by atoms with Crippen molar-refractivity contribution in [3.63, 3.8) is 0 Å². The first-order valence-electron chi connectivity index (χ1n) is 12.2. The second-order valence-corrected chi connectivity index (χ2v) is 9.44. The van der Waals surface area contributed by atoms with Crippen molar-refractivity contribution < 1.29 is 14.0 Å². The Morgan fingerprint density at radius 2 is 1.86 bits per heavy atom. The second kappa shape index (κ2) is 9.13. The van der Waals surface area contributed by atoms with E-state index in [1.807, 2.05) is 43.3 Å². The van der Waals surface area contributed by atoms with Crippen LogP contribution in [0.2, 0.25) is 0 Å². The fraction of sp³-hybridized carbons (Fsp3) is 0.172. The van der Waals surface area contributed by atoms with Crippen LogP contribution >= 0.6 is 0 Å². The number of nitrogens with one attached hydrogen (secondary N) is 3. The number of aromatic nitrogens is 3. The summed E-state index contributed by atoms with van der Waals surface area (Å²) >= 11 is 0. The van der Waals surface area contributed by atoms with Crippen molar-refractivity contribution in [3.8, 4) is 11.1 Å². The van der Waals surface area contributed by atoms with Crippen molar-refractivity contribution in [2.24, 2.45) is 5.92 Å². The van der Waals surface area contributed by atoms with Crippen LogP contribution in [0.5, 0.6) is 0 Å². The molecule has 0 bridgehead atoms. The minimum Gasteiger partial charge on any atom is -0.360 e. The van der Waals surface area contributed by atoms with Crippen molar-refractivity contribution in [3.05, 3.63) is 90.0 Å². The van der Waals surface area contributed by atoms with Gasteiger partial charge in [-0.3, -0.25) is 14.9 Å². The summed E-state index contributed by atoms with van der Waals surface area (Å²) in [4.78, 5) is 37.0. The third-order valence-electron chi connectivity index (χ3n) is 6.72. The molecule has 1 atom stereocenters. The van der Waals surface area contributed by atoms with E-state index in [-0.39, 0.29) is 29.6 Å². The number of fused-ring (bicyclic) bond motifs is 2. The SMILES string of the molecule is C[C@H](NC(=O)c1c[nH]c2ccc(-c3ccc4nc(NC(=O)C5CC5)ncc4c3)cc12)c1cccc(F)c1. The van der Waals surface area contributed by atoms with E-state index in [1.54, 1.807) is 24.5 Å². The predicted molar refractivity (Wildman–Crippen MR) is 140 cm³/mol. The van der Waals surface area contributed by atoms with Gasteiger partial charge in [0.1, 0.15) is 5.82 Å². The van der Waals surface area contributed by atoms with E-state index >= 15 is 0 Å². The minimum atomic E-state index is -0.351. The Morgan fingerprint density at radius 3 is 2.68 bits per heavy atom. The Hall–Kier alpha value is -4.59. The van der Waals surface area contributed by atoms with Crippen LogP contribution in [0.4, 0.5) is 10.3 Å². The molecule has 3 N–H and O–H groups in total. The topological polar surface area (TPSA) is 99.8 Å². The number of nitrogens with zero attached hydrogens (tertiary/aromatic N) is 2. The summed E-state index contributed by atoms with van der Waals surface area (Å²) in [6.07, 6.45) is 5.23. The van der Waals surface area contributed by atoms with Crippen LogP contribution in [0.15, 0.2) is 73.1 Å². The predicted octanol–water partition coefficient (Wildman–Crippen LogP) is 5.76. The molecule has 5 aromatic rings. The number of amides is 2. The van der Waals surface area contributed by atoms with Crippen molar-refractivity contribution >= 4 is 39.6 Å². The number of aromatic amines is 1. The molecule has 1 saturated carbocycles. The Labute approximate surface area is 212 Å². The number of halogens is 1. The number of rotatable bonds is 6. The summed E-state index contributed by atoms with van der Waals surface area (Å²) in [5, 5.41) is 7.37. The van der Waals surface area contributed by atoms with Gasteiger partial charge in [0.15, 0.2) is 0 Å². The van der Waals surface area contributed by atoms with E-state index in [9.17, 15) is 14.0 Å². The van der Waals surface area contributed by atoms with Gasteiger partial charge in [-0.05, 0) is 72.9 Å². The molecule has 7 nitrogen and oxygen atoms in total. The van der Waals surface area contributed by atoms with E-state index in [0.29, 0.717) is 17.1 Å². The summed E-state index contributed by atoms with van der Waals surface area (Å²) in [6.45, 7) is 1.83. The van der Waals surface area contributed by atoms with Crippen LogP contribution in [0.3, 0.4) is 0 Å². The maximum atomic E-state index is 13.6. The van der Waals surface area contributed by atoms with Crippen LogP contribution in [0.25, 0.3) is 32.9 Å². The van der Waals surface area contributed by atoms with Gasteiger partial charge < -0.3 is 10.3 Å². The number of anilines is 1. The molecule has 6 rings (SSSR count). The monoisotopic (exact) mass is 493 g/mol. The number of hydrogen-bond acceptors (Lipinski definition) is 4. The number of hydrogen-bond donors (Lipinski definition) is 3. The molecule has 0 aliphatic heterocycles. The van der Waals surface area contributed by atoms with Gasteiger partial charge in [-0.2, -0.15) is 0 Å². The fourth-order valence-electron chi connectivity index (χ4n) is 4.45. The van der Waals surface area contributed by atoms with Gasteiger partial charge in [0.05, 0.1) is 17.1 Å². The van der Waals surface area contributed by atoms with Crippen LogP contribution < -0.4 is 10.6 Å². The summed E-state index contributed by atoms with van der Waals surface area (Å²) in [5.74, 6) is -0.209. The zero-order valence-corrected chi connectivity index (χ0v) is 20.1. The van der Waals surface area contributed by atoms with Crippen LogP contribution in [0, 0.1) is 11.7 Å². The van der Waals surface area contributed by atoms with E-state index in [2.05, 4.69) is 25.6 Å². The lowest BCUT2D eigenvalue weighted by atomic mass is 10.0. The van der Waals surface area contributed by atoms with E-state index in [4.69, 9.17) is 0 Å². The second-order valence-electron chi connectivity index (χ2n) is 9.44. The van der Waals surface area contributed by atoms with Gasteiger partial charge in [-0.25, -0.2) is 14.4 Å². The molecule has 2 amide bonds. The third-order valence-corrected chi connectivity index (χ3v) is 6.72. The lowest BCUT2D eigenvalue weighted by molar-refractivity contribution is -0.117. The summed E-state index contributed by atoms with van der Waals surface area (Å²) in [7, 11) is 0. The van der Waals surface area contributed by atoms with Crippen LogP contribution in [-0.4, -0.2) is 26.8 Å². The molecule has 1 fully saturated rings. The third kappa shape index (κ3) is 4.65. The maximum absolute atomic E-state index is 13.6. The molecule has 1 aliphatic rings. The molecule has 0 radical (unpaired) electrons. The molecule has 2 aromatic heterocycles. The fourth-order valence-corrected chi connectivity index (χ4v) is 4.45. The Balaban J connectivity index is 1.26. The van der Waals surface area contributed by atoms with Gasteiger partial charge in [0.2, 0.25) is 11.9 Å². The first-order chi connectivity index (χ1) is 17.9. The van der Waals surface area contributed by atoms with E-state index in [1.165, 1.54) is 12.1 Å². The van der Waals surface area contributed by atoms with Crippen molar-refractivity contribution in [1.82, 2.24) is 20.3 Å². The van der Waals surface area contributed by atoms with E-state index < -0.39 is 0 Å². The van der Waals surface area contributed by atoms with Crippen LogP contribution in [-0.2, 0) is 4.79 Å². The molecule has 0 spiro atoms. The Kier molecular flexibility index (Phi) is 5.64. The Bertz CT molecular complexity index is 1670. The molecular formula is C29H24FN5O2. The zero-order valence-electron chi connectivity index (χ0n) is 20.1. The highest BCUT2D eigenvalue weighted by Gasteiger charge is 2.30. The molecule has 0 saturated heterocycles. The molecule has 37 heavy (non-hydrogen) atoms. The smallest absolute Gasteiger partial charge is 0.253 e. The lowest BCUT2D eigenvalue weighted by Gasteiger charge is -2.14. The maximum Gasteiger partial charge on any atom is 0.253 e. The molecule has 3 aromatic carbocycles. The first kappa shape index (κ1) is 22.8. The number of H-pyrrole nitrogens is 1. The van der Waals surface area contributed by atoms with Crippen molar-refractivity contribution in [2.75, 3.05) is 5.32 Å². The molecule has 184 valence electrons. The first-order valence-corrected chi connectivity index (χ1v) is 12.2. The minimum absolute atomic E-state index is 0.0269. The standard InChI is InChI=1S/C29H24FN5O2/c1-16(18-3-2-4-22(30)12-18)33-28(37)24-15-31-26-10-8-20(13-23(24)26)19-7-9-25-21(11-19)14-32-29(34-25)35-27(36)17-5-6-17/h2-4,7-17,31H,5-6H2,1H3,(H,33,37)(H,32,34,35,36)/t16-/m0/s1. The highest BCUT2D eigenvalue weighted by atomic mass is 19.1. The summed E-state index contributed by atoms with van der Waals surface area (Å²) < 4.78 is 13.6. The lowest BCUT2D eigenvalue weighted by Crippen LogP contribution is -2.26. The number of carbonyl (C=O) groups excluding carboxylic acids is 2. The van der Waals surface area contributed by atoms with Gasteiger partial charge in [-0.15, -0.1) is 0 Å². The molecule has 8 heteroatoms. The van der Waals surface area contributed by atoms with Gasteiger partial charge in [0, 0.05) is 34.6 Å². The molecule has 0 unspecified atom stereocenters. The highest BCUT2D eigenvalue weighted by molar-refractivity contribution is 6.08. The largest absolute Gasteiger partial charge is 0.360 e. The van der Waals surface area contributed by atoms with Gasteiger partial charge in [0.25, 0.3) is 5.91 Å². The van der Waals surface area contributed by atoms with E-state index in [0.717, 1.165) is 45.8 Å². The van der Waals surface area contributed by atoms with Crippen molar-refractivity contribution in [1.29, 1.82) is 0 Å². The molecule has 1 aliphatic carbocycles. The summed E-state index contributed by atoms with van der Waals surface area (Å²) in [5.41, 5.74) is 4.68. The molecular weight excluding hydrogens is 469 g/mol. The average molecular weight is 494 g/mol.